The smallest absolute Gasteiger partial charge is 0.235 e. The number of carbonyl (C=O) groups excluding carboxylic acids is 2. The summed E-state index contributed by atoms with van der Waals surface area (Å²) < 4.78 is 0. The zero-order valence-electron chi connectivity index (χ0n) is 11.0. The lowest BCUT2D eigenvalue weighted by Gasteiger charge is -2.30. The van der Waals surface area contributed by atoms with Gasteiger partial charge >= 0.3 is 0 Å². The van der Waals surface area contributed by atoms with E-state index < -0.39 is 0 Å². The van der Waals surface area contributed by atoms with Crippen LogP contribution in [-0.2, 0) is 16.0 Å². The molecule has 1 aromatic heterocycles. The van der Waals surface area contributed by atoms with Gasteiger partial charge in [-0.1, -0.05) is 19.3 Å². The highest BCUT2D eigenvalue weighted by Gasteiger charge is 2.51. The van der Waals surface area contributed by atoms with Gasteiger partial charge in [0.05, 0.1) is 5.41 Å². The molecular weight excluding hydrogens is 242 g/mol. The number of aromatic amines is 1. The molecule has 2 fully saturated rings. The number of H-pyrrole nitrogens is 1. The van der Waals surface area contributed by atoms with Gasteiger partial charge in [-0.25, -0.2) is 4.98 Å². The molecule has 1 saturated heterocycles. The molecule has 0 aromatic carbocycles. The van der Waals surface area contributed by atoms with Gasteiger partial charge in [0.15, 0.2) is 0 Å². The number of imidazole rings is 1. The highest BCUT2D eigenvalue weighted by molar-refractivity contribution is 6.05. The van der Waals surface area contributed by atoms with Crippen LogP contribution in [0.3, 0.4) is 0 Å². The second-order valence-corrected chi connectivity index (χ2v) is 5.65. The third-order valence-corrected chi connectivity index (χ3v) is 4.43. The van der Waals surface area contributed by atoms with Crippen LogP contribution in [0, 0.1) is 5.41 Å². The normalized spacial score (nSPS) is 22.4. The van der Waals surface area contributed by atoms with E-state index in [1.807, 2.05) is 0 Å². The van der Waals surface area contributed by atoms with E-state index in [4.69, 9.17) is 0 Å². The molecule has 0 unspecified atom stereocenters. The molecule has 1 aliphatic heterocycles. The lowest BCUT2D eigenvalue weighted by molar-refractivity contribution is -0.142. The van der Waals surface area contributed by atoms with Gasteiger partial charge in [-0.3, -0.25) is 14.5 Å². The molecule has 1 saturated carbocycles. The predicted octanol–water partition coefficient (Wildman–Crippen LogP) is 1.66. The summed E-state index contributed by atoms with van der Waals surface area (Å²) in [6.45, 7) is 0.451. The molecule has 1 N–H and O–H groups in total. The van der Waals surface area contributed by atoms with Crippen molar-refractivity contribution < 1.29 is 9.59 Å². The molecule has 2 aliphatic rings. The quantitative estimate of drug-likeness (QED) is 0.841. The van der Waals surface area contributed by atoms with E-state index in [9.17, 15) is 9.59 Å². The Bertz CT molecular complexity index is 475. The number of carbonyl (C=O) groups is 2. The fraction of sp³-hybridized carbons (Fsp3) is 0.643. The lowest BCUT2D eigenvalue weighted by Crippen LogP contribution is -2.38. The minimum absolute atomic E-state index is 0.00143. The topological polar surface area (TPSA) is 66.1 Å². The molecule has 1 spiro atoms. The first-order chi connectivity index (χ1) is 9.21. The molecular formula is C14H19N3O2. The van der Waals surface area contributed by atoms with E-state index in [0.717, 1.165) is 31.5 Å². The van der Waals surface area contributed by atoms with Crippen LogP contribution < -0.4 is 0 Å². The van der Waals surface area contributed by atoms with Gasteiger partial charge in [0, 0.05) is 31.8 Å². The van der Waals surface area contributed by atoms with Crippen LogP contribution in [0.15, 0.2) is 12.4 Å². The van der Waals surface area contributed by atoms with Crippen LogP contribution in [0.25, 0.3) is 0 Å². The molecule has 5 nitrogen and oxygen atoms in total. The standard InChI is InChI=1S/C14H19N3O2/c18-12-10-14(5-2-1-3-6-14)13(19)17(12)9-4-11-15-7-8-16-11/h7-8H,1-6,9-10H2,(H,15,16). The van der Waals surface area contributed by atoms with Crippen molar-refractivity contribution in [3.63, 3.8) is 0 Å². The van der Waals surface area contributed by atoms with Crippen molar-refractivity contribution in [3.8, 4) is 0 Å². The van der Waals surface area contributed by atoms with Crippen molar-refractivity contribution >= 4 is 11.8 Å². The number of nitrogens with zero attached hydrogens (tertiary/aromatic N) is 2. The predicted molar refractivity (Wildman–Crippen MR) is 69.1 cm³/mol. The van der Waals surface area contributed by atoms with Crippen molar-refractivity contribution in [1.82, 2.24) is 14.9 Å². The van der Waals surface area contributed by atoms with E-state index in [0.29, 0.717) is 19.4 Å². The number of amides is 2. The van der Waals surface area contributed by atoms with Gasteiger partial charge < -0.3 is 4.98 Å². The third-order valence-electron chi connectivity index (χ3n) is 4.43. The number of rotatable bonds is 3. The van der Waals surface area contributed by atoms with Gasteiger partial charge in [-0.15, -0.1) is 0 Å². The minimum Gasteiger partial charge on any atom is -0.349 e. The molecule has 1 aromatic rings. The molecule has 2 amide bonds. The Hall–Kier alpha value is -1.65. The fourth-order valence-electron chi connectivity index (χ4n) is 3.36. The summed E-state index contributed by atoms with van der Waals surface area (Å²) in [4.78, 5) is 33.2. The summed E-state index contributed by atoms with van der Waals surface area (Å²) in [6, 6.07) is 0. The first-order valence-electron chi connectivity index (χ1n) is 7.04. The monoisotopic (exact) mass is 261 g/mol. The van der Waals surface area contributed by atoms with Gasteiger partial charge in [0.25, 0.3) is 0 Å². The largest absolute Gasteiger partial charge is 0.349 e. The van der Waals surface area contributed by atoms with E-state index in [2.05, 4.69) is 9.97 Å². The molecule has 1 aliphatic carbocycles. The first kappa shape index (κ1) is 12.4. The third kappa shape index (κ3) is 2.17. The Morgan fingerprint density at radius 2 is 2.05 bits per heavy atom. The lowest BCUT2D eigenvalue weighted by atomic mass is 9.73. The Morgan fingerprint density at radius 1 is 1.26 bits per heavy atom. The van der Waals surface area contributed by atoms with Crippen LogP contribution in [-0.4, -0.2) is 33.2 Å². The minimum atomic E-state index is -0.363. The van der Waals surface area contributed by atoms with E-state index in [-0.39, 0.29) is 17.2 Å². The second-order valence-electron chi connectivity index (χ2n) is 5.65. The van der Waals surface area contributed by atoms with Crippen LogP contribution in [0.4, 0.5) is 0 Å². The van der Waals surface area contributed by atoms with Crippen molar-refractivity contribution in [1.29, 1.82) is 0 Å². The maximum Gasteiger partial charge on any atom is 0.235 e. The second kappa shape index (κ2) is 4.79. The maximum atomic E-state index is 12.5. The van der Waals surface area contributed by atoms with Crippen LogP contribution >= 0.6 is 0 Å². The Labute approximate surface area is 112 Å². The van der Waals surface area contributed by atoms with Gasteiger partial charge in [0.1, 0.15) is 5.82 Å². The number of nitrogens with one attached hydrogen (secondary N) is 1. The molecule has 0 radical (unpaired) electrons. The number of likely N-dealkylation sites (tertiary alicyclic amines) is 1. The summed E-state index contributed by atoms with van der Waals surface area (Å²) in [5.74, 6) is 0.882. The summed E-state index contributed by atoms with van der Waals surface area (Å²) in [5.41, 5.74) is -0.363. The average molecular weight is 261 g/mol. The van der Waals surface area contributed by atoms with Crippen LogP contribution in [0.1, 0.15) is 44.3 Å². The van der Waals surface area contributed by atoms with E-state index in [1.165, 1.54) is 11.3 Å². The molecule has 2 heterocycles. The van der Waals surface area contributed by atoms with E-state index in [1.54, 1.807) is 12.4 Å². The van der Waals surface area contributed by atoms with Gasteiger partial charge in [-0.2, -0.15) is 0 Å². The highest BCUT2D eigenvalue weighted by Crippen LogP contribution is 2.45. The Balaban J connectivity index is 1.68. The fourth-order valence-corrected chi connectivity index (χ4v) is 3.36. The number of hydrogen-bond acceptors (Lipinski definition) is 3. The molecule has 19 heavy (non-hydrogen) atoms. The summed E-state index contributed by atoms with van der Waals surface area (Å²) in [7, 11) is 0. The van der Waals surface area contributed by atoms with Crippen molar-refractivity contribution in [2.45, 2.75) is 44.9 Å². The Kier molecular flexibility index (Phi) is 3.12. The van der Waals surface area contributed by atoms with Gasteiger partial charge in [0.2, 0.25) is 11.8 Å². The molecule has 0 bridgehead atoms. The van der Waals surface area contributed by atoms with Crippen LogP contribution in [0.2, 0.25) is 0 Å². The molecule has 5 heteroatoms. The number of hydrogen-bond donors (Lipinski definition) is 1. The first-order valence-corrected chi connectivity index (χ1v) is 7.04. The molecule has 0 atom stereocenters. The van der Waals surface area contributed by atoms with Crippen molar-refractivity contribution in [3.05, 3.63) is 18.2 Å². The summed E-state index contributed by atoms with van der Waals surface area (Å²) in [5, 5.41) is 0. The van der Waals surface area contributed by atoms with Crippen LogP contribution in [0.5, 0.6) is 0 Å². The van der Waals surface area contributed by atoms with Crippen molar-refractivity contribution in [2.24, 2.45) is 5.41 Å². The zero-order valence-corrected chi connectivity index (χ0v) is 11.0. The van der Waals surface area contributed by atoms with E-state index >= 15 is 0 Å². The summed E-state index contributed by atoms with van der Waals surface area (Å²) >= 11 is 0. The van der Waals surface area contributed by atoms with Gasteiger partial charge in [-0.05, 0) is 12.8 Å². The zero-order chi connectivity index (χ0) is 13.3. The number of imide groups is 1. The maximum absolute atomic E-state index is 12.5. The SMILES string of the molecule is O=C1CC2(CCCCC2)C(=O)N1CCc1ncc[nH]1. The Morgan fingerprint density at radius 3 is 2.74 bits per heavy atom. The molecule has 3 rings (SSSR count). The number of aromatic nitrogens is 2. The summed E-state index contributed by atoms with van der Waals surface area (Å²) in [6.07, 6.45) is 9.58. The molecule has 102 valence electrons. The highest BCUT2D eigenvalue weighted by atomic mass is 16.2. The average Bonchev–Trinajstić information content (AvgIpc) is 2.99. The van der Waals surface area contributed by atoms with Crippen molar-refractivity contribution in [2.75, 3.05) is 6.54 Å².